The van der Waals surface area contributed by atoms with E-state index in [0.717, 1.165) is 12.6 Å². The smallest absolute Gasteiger partial charge is 0.0113 e. The largest absolute Gasteiger partial charge is 0.319 e. The summed E-state index contributed by atoms with van der Waals surface area (Å²) in [6, 6.07) is 0.914. The normalized spacial score (nSPS) is 24.8. The molecule has 3 nitrogen and oxygen atoms in total. The Morgan fingerprint density at radius 2 is 1.67 bits per heavy atom. The lowest BCUT2D eigenvalue weighted by Crippen LogP contribution is -2.52. The summed E-state index contributed by atoms with van der Waals surface area (Å²) < 4.78 is 0. The molecule has 1 saturated carbocycles. The van der Waals surface area contributed by atoms with Crippen LogP contribution >= 0.6 is 0 Å². The molecular weight excluding hydrogens is 222 g/mol. The molecule has 2 rings (SSSR count). The van der Waals surface area contributed by atoms with Gasteiger partial charge in [0.25, 0.3) is 0 Å². The average molecular weight is 253 g/mol. The Morgan fingerprint density at radius 3 is 2.22 bits per heavy atom. The third kappa shape index (κ3) is 3.94. The van der Waals surface area contributed by atoms with Crippen molar-refractivity contribution in [2.75, 3.05) is 46.3 Å². The van der Waals surface area contributed by atoms with Crippen LogP contribution in [0.15, 0.2) is 0 Å². The van der Waals surface area contributed by atoms with Crippen LogP contribution in [0.25, 0.3) is 0 Å². The van der Waals surface area contributed by atoms with Crippen molar-refractivity contribution < 1.29 is 0 Å². The minimum absolute atomic E-state index is 0.393. The van der Waals surface area contributed by atoms with Crippen molar-refractivity contribution in [2.24, 2.45) is 5.41 Å². The second-order valence-corrected chi connectivity index (χ2v) is 6.94. The van der Waals surface area contributed by atoms with Crippen molar-refractivity contribution in [1.29, 1.82) is 0 Å². The van der Waals surface area contributed by atoms with E-state index in [9.17, 15) is 0 Å². The monoisotopic (exact) mass is 253 g/mol. The Morgan fingerprint density at radius 1 is 1.06 bits per heavy atom. The van der Waals surface area contributed by atoms with Gasteiger partial charge in [-0.1, -0.05) is 26.7 Å². The van der Waals surface area contributed by atoms with Gasteiger partial charge in [-0.3, -0.25) is 4.90 Å². The van der Waals surface area contributed by atoms with E-state index in [1.165, 1.54) is 58.4 Å². The molecule has 0 unspecified atom stereocenters. The fraction of sp³-hybridized carbons (Fsp3) is 1.00. The van der Waals surface area contributed by atoms with E-state index in [2.05, 4.69) is 36.0 Å². The van der Waals surface area contributed by atoms with Gasteiger partial charge in [0.2, 0.25) is 0 Å². The molecule has 1 N–H and O–H groups in total. The maximum absolute atomic E-state index is 3.31. The zero-order chi connectivity index (χ0) is 13.0. The number of piperazine rings is 1. The molecule has 0 radical (unpaired) electrons. The highest BCUT2D eigenvalue weighted by Crippen LogP contribution is 2.25. The lowest BCUT2D eigenvalue weighted by molar-refractivity contribution is 0.0732. The number of nitrogens with zero attached hydrogens (tertiary/aromatic N) is 2. The quantitative estimate of drug-likeness (QED) is 0.806. The molecule has 1 heterocycles. The molecule has 0 spiro atoms. The Labute approximate surface area is 113 Å². The van der Waals surface area contributed by atoms with Crippen LogP contribution in [-0.2, 0) is 0 Å². The first kappa shape index (κ1) is 14.3. The fourth-order valence-electron chi connectivity index (χ4n) is 3.70. The average Bonchev–Trinajstić information content (AvgIpc) is 2.82. The van der Waals surface area contributed by atoms with E-state index in [1.807, 2.05) is 0 Å². The molecule has 0 aromatic carbocycles. The third-order valence-corrected chi connectivity index (χ3v) is 4.55. The van der Waals surface area contributed by atoms with Gasteiger partial charge in [-0.15, -0.1) is 0 Å². The molecule has 2 fully saturated rings. The molecule has 106 valence electrons. The summed E-state index contributed by atoms with van der Waals surface area (Å²) >= 11 is 0. The molecule has 0 aromatic rings. The van der Waals surface area contributed by atoms with E-state index in [4.69, 9.17) is 0 Å². The Kier molecular flexibility index (Phi) is 5.05. The maximum Gasteiger partial charge on any atom is 0.0113 e. The second-order valence-electron chi connectivity index (χ2n) is 6.94. The van der Waals surface area contributed by atoms with Gasteiger partial charge < -0.3 is 10.2 Å². The van der Waals surface area contributed by atoms with Crippen molar-refractivity contribution in [3.63, 3.8) is 0 Å². The molecule has 18 heavy (non-hydrogen) atoms. The predicted octanol–water partition coefficient (Wildman–Crippen LogP) is 1.79. The van der Waals surface area contributed by atoms with Crippen LogP contribution in [-0.4, -0.2) is 62.2 Å². The maximum atomic E-state index is 3.31. The minimum atomic E-state index is 0.393. The SMILES string of the molecule is CNCC(C)(C)CN1CCN(C2CCCC2)CC1. The molecule has 1 saturated heterocycles. The van der Waals surface area contributed by atoms with Crippen LogP contribution in [0.5, 0.6) is 0 Å². The van der Waals surface area contributed by atoms with Gasteiger partial charge in [0, 0.05) is 45.3 Å². The second kappa shape index (κ2) is 6.36. The summed E-state index contributed by atoms with van der Waals surface area (Å²) in [7, 11) is 2.06. The van der Waals surface area contributed by atoms with E-state index in [1.54, 1.807) is 0 Å². The molecular formula is C15H31N3. The highest BCUT2D eigenvalue weighted by atomic mass is 15.3. The highest BCUT2D eigenvalue weighted by molar-refractivity contribution is 4.84. The van der Waals surface area contributed by atoms with E-state index in [-0.39, 0.29) is 0 Å². The van der Waals surface area contributed by atoms with Gasteiger partial charge in [0.1, 0.15) is 0 Å². The predicted molar refractivity (Wildman–Crippen MR) is 78.0 cm³/mol. The van der Waals surface area contributed by atoms with E-state index in [0.29, 0.717) is 5.41 Å². The zero-order valence-corrected chi connectivity index (χ0v) is 12.5. The lowest BCUT2D eigenvalue weighted by atomic mass is 9.92. The summed E-state index contributed by atoms with van der Waals surface area (Å²) in [5.74, 6) is 0. The fourth-order valence-corrected chi connectivity index (χ4v) is 3.70. The summed E-state index contributed by atoms with van der Waals surface area (Å²) in [6.45, 7) is 12.2. The molecule has 0 amide bonds. The standard InChI is InChI=1S/C15H31N3/c1-15(2,12-16-3)13-17-8-10-18(11-9-17)14-6-4-5-7-14/h14,16H,4-13H2,1-3H3. The third-order valence-electron chi connectivity index (χ3n) is 4.55. The van der Waals surface area contributed by atoms with Crippen molar-refractivity contribution in [1.82, 2.24) is 15.1 Å². The van der Waals surface area contributed by atoms with Gasteiger partial charge >= 0.3 is 0 Å². The first-order valence-electron chi connectivity index (χ1n) is 7.72. The van der Waals surface area contributed by atoms with Gasteiger partial charge in [-0.25, -0.2) is 0 Å². The Hall–Kier alpha value is -0.120. The summed E-state index contributed by atoms with van der Waals surface area (Å²) in [4.78, 5) is 5.40. The van der Waals surface area contributed by atoms with Crippen LogP contribution in [0.4, 0.5) is 0 Å². The van der Waals surface area contributed by atoms with Crippen molar-refractivity contribution in [3.8, 4) is 0 Å². The summed E-state index contributed by atoms with van der Waals surface area (Å²) in [5, 5.41) is 3.31. The van der Waals surface area contributed by atoms with Crippen molar-refractivity contribution >= 4 is 0 Å². The van der Waals surface area contributed by atoms with Crippen LogP contribution in [0.1, 0.15) is 39.5 Å². The molecule has 1 aliphatic heterocycles. The first-order valence-corrected chi connectivity index (χ1v) is 7.72. The molecule has 0 bridgehead atoms. The van der Waals surface area contributed by atoms with Crippen LogP contribution in [0.3, 0.4) is 0 Å². The molecule has 0 atom stereocenters. The van der Waals surface area contributed by atoms with E-state index < -0.39 is 0 Å². The van der Waals surface area contributed by atoms with Crippen LogP contribution in [0, 0.1) is 5.41 Å². The van der Waals surface area contributed by atoms with Crippen LogP contribution < -0.4 is 5.32 Å². The number of nitrogens with one attached hydrogen (secondary N) is 1. The van der Waals surface area contributed by atoms with Gasteiger partial charge in [-0.2, -0.15) is 0 Å². The summed E-state index contributed by atoms with van der Waals surface area (Å²) in [5.41, 5.74) is 0.393. The molecule has 2 aliphatic rings. The van der Waals surface area contributed by atoms with Crippen LogP contribution in [0.2, 0.25) is 0 Å². The minimum Gasteiger partial charge on any atom is -0.319 e. The molecule has 3 heteroatoms. The van der Waals surface area contributed by atoms with Gasteiger partial charge in [0.15, 0.2) is 0 Å². The Bertz CT molecular complexity index is 238. The lowest BCUT2D eigenvalue weighted by Gasteiger charge is -2.41. The molecule has 1 aliphatic carbocycles. The first-order chi connectivity index (χ1) is 8.61. The zero-order valence-electron chi connectivity index (χ0n) is 12.5. The van der Waals surface area contributed by atoms with Gasteiger partial charge in [0.05, 0.1) is 0 Å². The Balaban J connectivity index is 1.72. The number of hydrogen-bond donors (Lipinski definition) is 1. The number of hydrogen-bond acceptors (Lipinski definition) is 3. The number of rotatable bonds is 5. The summed E-state index contributed by atoms with van der Waals surface area (Å²) in [6.07, 6.45) is 5.82. The molecule has 0 aromatic heterocycles. The van der Waals surface area contributed by atoms with Crippen molar-refractivity contribution in [3.05, 3.63) is 0 Å². The van der Waals surface area contributed by atoms with Crippen molar-refractivity contribution in [2.45, 2.75) is 45.6 Å². The highest BCUT2D eigenvalue weighted by Gasteiger charge is 2.28. The van der Waals surface area contributed by atoms with E-state index >= 15 is 0 Å². The van der Waals surface area contributed by atoms with Gasteiger partial charge in [-0.05, 0) is 25.3 Å². The topological polar surface area (TPSA) is 18.5 Å².